The van der Waals surface area contributed by atoms with E-state index in [0.717, 1.165) is 5.56 Å². The highest BCUT2D eigenvalue weighted by molar-refractivity contribution is 14.0. The lowest BCUT2D eigenvalue weighted by Gasteiger charge is -2.10. The molecule has 0 radical (unpaired) electrons. The maximum atomic E-state index is 7.48. The van der Waals surface area contributed by atoms with Crippen molar-refractivity contribution in [3.8, 4) is 0 Å². The van der Waals surface area contributed by atoms with E-state index in [0.29, 0.717) is 5.17 Å². The monoisotopic (exact) mass is 335 g/mol. The molecule has 0 heterocycles. The van der Waals surface area contributed by atoms with E-state index in [1.807, 2.05) is 36.6 Å². The second-order valence-corrected chi connectivity index (χ2v) is 3.48. The zero-order valence-corrected chi connectivity index (χ0v) is 11.8. The molecule has 5 heteroatoms. The van der Waals surface area contributed by atoms with Gasteiger partial charge in [-0.1, -0.05) is 42.1 Å². The quantitative estimate of drug-likeness (QED) is 0.391. The first-order chi connectivity index (χ1) is 6.74. The zero-order valence-electron chi connectivity index (χ0n) is 8.68. The van der Waals surface area contributed by atoms with Crippen LogP contribution < -0.4 is 0 Å². The summed E-state index contributed by atoms with van der Waals surface area (Å²) in [5.41, 5.74) is 1.04. The molecule has 0 saturated carbocycles. The van der Waals surface area contributed by atoms with Crippen LogP contribution in [0, 0.1) is 5.41 Å². The second kappa shape index (κ2) is 7.70. The van der Waals surface area contributed by atoms with Gasteiger partial charge in [0.25, 0.3) is 0 Å². The Kier molecular flexibility index (Phi) is 7.41. The molecule has 15 heavy (non-hydrogen) atoms. The number of hydrogen-bond acceptors (Lipinski definition) is 3. The van der Waals surface area contributed by atoms with Crippen molar-refractivity contribution in [3.05, 3.63) is 35.9 Å². The van der Waals surface area contributed by atoms with Gasteiger partial charge >= 0.3 is 0 Å². The second-order valence-electron chi connectivity index (χ2n) is 2.69. The van der Waals surface area contributed by atoms with Gasteiger partial charge in [0, 0.05) is 7.05 Å². The summed E-state index contributed by atoms with van der Waals surface area (Å²) in [5, 5.41) is 13.6. The van der Waals surface area contributed by atoms with Crippen LogP contribution in [0.25, 0.3) is 0 Å². The highest BCUT2D eigenvalue weighted by Crippen LogP contribution is 2.01. The van der Waals surface area contributed by atoms with Gasteiger partial charge in [-0.2, -0.15) is 5.10 Å². The van der Waals surface area contributed by atoms with Gasteiger partial charge in [0.2, 0.25) is 0 Å². The Labute approximate surface area is 111 Å². The van der Waals surface area contributed by atoms with Crippen molar-refractivity contribution in [2.75, 3.05) is 13.3 Å². The first-order valence-corrected chi connectivity index (χ1v) is 5.42. The summed E-state index contributed by atoms with van der Waals surface area (Å²) < 4.78 is 0. The normalized spacial score (nSPS) is 9.73. The molecule has 0 aliphatic carbocycles. The van der Waals surface area contributed by atoms with Gasteiger partial charge in [0.05, 0.1) is 6.21 Å². The lowest BCUT2D eigenvalue weighted by atomic mass is 10.2. The van der Waals surface area contributed by atoms with Crippen LogP contribution in [0.1, 0.15) is 5.56 Å². The largest absolute Gasteiger partial charge is 0.277 e. The van der Waals surface area contributed by atoms with Crippen LogP contribution in [0.2, 0.25) is 0 Å². The summed E-state index contributed by atoms with van der Waals surface area (Å²) in [6.07, 6.45) is 3.60. The number of hydrazone groups is 1. The third-order valence-electron chi connectivity index (χ3n) is 1.67. The number of rotatable bonds is 2. The van der Waals surface area contributed by atoms with Crippen molar-refractivity contribution in [1.29, 1.82) is 5.41 Å². The Balaban J connectivity index is 0.00000196. The Hall–Kier alpha value is -0.560. The predicted molar refractivity (Wildman–Crippen MR) is 78.5 cm³/mol. The average Bonchev–Trinajstić information content (AvgIpc) is 2.26. The number of hydrogen-bond donors (Lipinski definition) is 1. The molecule has 0 bridgehead atoms. The van der Waals surface area contributed by atoms with Crippen molar-refractivity contribution in [2.45, 2.75) is 0 Å². The fourth-order valence-corrected chi connectivity index (χ4v) is 1.19. The highest BCUT2D eigenvalue weighted by atomic mass is 127. The fraction of sp³-hybridized carbons (Fsp3) is 0.200. The molecule has 1 N–H and O–H groups in total. The SMILES string of the molecule is CSC(=N)N(C)/N=C/c1ccccc1.I. The summed E-state index contributed by atoms with van der Waals surface area (Å²) in [5.74, 6) is 0. The van der Waals surface area contributed by atoms with E-state index >= 15 is 0 Å². The van der Waals surface area contributed by atoms with Crippen LogP contribution in [0.4, 0.5) is 0 Å². The van der Waals surface area contributed by atoms with E-state index in [2.05, 4.69) is 5.10 Å². The molecule has 1 aromatic carbocycles. The molecule has 0 aliphatic heterocycles. The summed E-state index contributed by atoms with van der Waals surface area (Å²) in [6.45, 7) is 0. The minimum atomic E-state index is 0. The van der Waals surface area contributed by atoms with Gasteiger partial charge < -0.3 is 0 Å². The number of nitrogens with zero attached hydrogens (tertiary/aromatic N) is 2. The lowest BCUT2D eigenvalue weighted by molar-refractivity contribution is 0.556. The van der Waals surface area contributed by atoms with Crippen LogP contribution in [-0.4, -0.2) is 29.7 Å². The fourth-order valence-electron chi connectivity index (χ4n) is 0.877. The predicted octanol–water partition coefficient (Wildman–Crippen LogP) is 2.87. The molecular weight excluding hydrogens is 321 g/mol. The summed E-state index contributed by atoms with van der Waals surface area (Å²) in [7, 11) is 1.76. The molecule has 0 atom stereocenters. The molecule has 0 fully saturated rings. The number of thioether (sulfide) groups is 1. The maximum Gasteiger partial charge on any atom is 0.176 e. The summed E-state index contributed by atoms with van der Waals surface area (Å²) in [4.78, 5) is 0. The molecule has 1 aromatic rings. The number of halogens is 1. The molecule has 0 amide bonds. The first kappa shape index (κ1) is 14.4. The molecule has 0 unspecified atom stereocenters. The van der Waals surface area contributed by atoms with Crippen LogP contribution in [-0.2, 0) is 0 Å². The third-order valence-corrected chi connectivity index (χ3v) is 2.32. The lowest BCUT2D eigenvalue weighted by Crippen LogP contribution is -2.16. The van der Waals surface area contributed by atoms with E-state index in [1.165, 1.54) is 16.8 Å². The van der Waals surface area contributed by atoms with Gasteiger partial charge in [-0.3, -0.25) is 5.41 Å². The van der Waals surface area contributed by atoms with Crippen molar-refractivity contribution in [2.24, 2.45) is 5.10 Å². The van der Waals surface area contributed by atoms with Crippen molar-refractivity contribution in [3.63, 3.8) is 0 Å². The Morgan fingerprint density at radius 1 is 1.40 bits per heavy atom. The molecular formula is C10H14IN3S. The van der Waals surface area contributed by atoms with Crippen molar-refractivity contribution < 1.29 is 0 Å². The van der Waals surface area contributed by atoms with Crippen LogP contribution >= 0.6 is 35.7 Å². The molecule has 1 rings (SSSR count). The minimum absolute atomic E-state index is 0. The van der Waals surface area contributed by atoms with Gasteiger partial charge in [0.1, 0.15) is 0 Å². The number of benzene rings is 1. The Bertz CT molecular complexity index is 327. The van der Waals surface area contributed by atoms with Crippen LogP contribution in [0.5, 0.6) is 0 Å². The van der Waals surface area contributed by atoms with E-state index in [4.69, 9.17) is 5.41 Å². The molecule has 0 aromatic heterocycles. The van der Waals surface area contributed by atoms with Gasteiger partial charge in [0.15, 0.2) is 5.17 Å². The van der Waals surface area contributed by atoms with E-state index < -0.39 is 0 Å². The smallest absolute Gasteiger partial charge is 0.176 e. The number of amidine groups is 1. The topological polar surface area (TPSA) is 39.5 Å². The van der Waals surface area contributed by atoms with E-state index in [-0.39, 0.29) is 24.0 Å². The maximum absolute atomic E-state index is 7.48. The third kappa shape index (κ3) is 5.17. The minimum Gasteiger partial charge on any atom is -0.277 e. The molecule has 3 nitrogen and oxygen atoms in total. The van der Waals surface area contributed by atoms with E-state index in [1.54, 1.807) is 13.3 Å². The van der Waals surface area contributed by atoms with Gasteiger partial charge in [-0.05, 0) is 11.8 Å². The van der Waals surface area contributed by atoms with Crippen molar-refractivity contribution >= 4 is 47.1 Å². The van der Waals surface area contributed by atoms with Gasteiger partial charge in [-0.15, -0.1) is 24.0 Å². The van der Waals surface area contributed by atoms with Crippen LogP contribution in [0.3, 0.4) is 0 Å². The Morgan fingerprint density at radius 3 is 2.53 bits per heavy atom. The number of nitrogens with one attached hydrogen (secondary N) is 1. The molecule has 0 aliphatic rings. The first-order valence-electron chi connectivity index (χ1n) is 4.19. The van der Waals surface area contributed by atoms with Crippen LogP contribution in [0.15, 0.2) is 35.4 Å². The molecule has 82 valence electrons. The standard InChI is InChI=1S/C10H13N3S.HI/c1-13(10(11)14-2)12-8-9-6-4-3-5-7-9;/h3-8,11H,1-2H3;1H/b11-10?,12-8+;. The summed E-state index contributed by atoms with van der Waals surface area (Å²) in [6, 6.07) is 9.83. The van der Waals surface area contributed by atoms with E-state index in [9.17, 15) is 0 Å². The zero-order chi connectivity index (χ0) is 10.4. The molecule has 0 saturated heterocycles. The highest BCUT2D eigenvalue weighted by Gasteiger charge is 1.97. The summed E-state index contributed by atoms with van der Waals surface area (Å²) >= 11 is 1.36. The molecule has 0 spiro atoms. The average molecular weight is 335 g/mol. The van der Waals surface area contributed by atoms with Crippen molar-refractivity contribution in [1.82, 2.24) is 5.01 Å². The van der Waals surface area contributed by atoms with Gasteiger partial charge in [-0.25, -0.2) is 5.01 Å². The Morgan fingerprint density at radius 2 is 2.00 bits per heavy atom.